The van der Waals surface area contributed by atoms with Crippen LogP contribution in [-0.4, -0.2) is 37.7 Å². The van der Waals surface area contributed by atoms with Crippen LogP contribution in [0.1, 0.15) is 20.8 Å². The highest BCUT2D eigenvalue weighted by Gasteiger charge is 2.33. The molecule has 0 saturated heterocycles. The van der Waals surface area contributed by atoms with Crippen molar-refractivity contribution in [2.24, 2.45) is 5.41 Å². The maximum Gasteiger partial charge on any atom is 0.333 e. The number of carbonyl (C=O) groups excluding carboxylic acids is 3. The van der Waals surface area contributed by atoms with Crippen molar-refractivity contribution < 1.29 is 28.6 Å². The van der Waals surface area contributed by atoms with Gasteiger partial charge in [0.05, 0.1) is 5.41 Å². The zero-order valence-electron chi connectivity index (χ0n) is 14.5. The predicted octanol–water partition coefficient (Wildman–Crippen LogP) is 2.52. The molecule has 0 bridgehead atoms. The van der Waals surface area contributed by atoms with Gasteiger partial charge in [0, 0.05) is 16.7 Å². The average molecular weight is 336 g/mol. The van der Waals surface area contributed by atoms with E-state index in [-0.39, 0.29) is 36.5 Å². The number of esters is 3. The normalized spacial score (nSPS) is 10.3. The number of hydrogen-bond acceptors (Lipinski definition) is 6. The Balaban J connectivity index is 5.14. The van der Waals surface area contributed by atoms with Crippen LogP contribution >= 0.6 is 0 Å². The maximum absolute atomic E-state index is 11.6. The van der Waals surface area contributed by atoms with Gasteiger partial charge >= 0.3 is 17.9 Å². The molecule has 6 nitrogen and oxygen atoms in total. The Bertz CT molecular complexity index is 496. The largest absolute Gasteiger partial charge is 0.461 e. The van der Waals surface area contributed by atoms with E-state index in [1.807, 2.05) is 0 Å². The van der Waals surface area contributed by atoms with E-state index in [0.717, 1.165) is 0 Å². The summed E-state index contributed by atoms with van der Waals surface area (Å²) in [5.74, 6) is -1.84. The molecule has 0 aromatic rings. The van der Waals surface area contributed by atoms with E-state index in [4.69, 9.17) is 14.2 Å². The number of ether oxygens (including phenoxy) is 3. The summed E-state index contributed by atoms with van der Waals surface area (Å²) < 4.78 is 15.3. The van der Waals surface area contributed by atoms with Gasteiger partial charge in [0.1, 0.15) is 19.8 Å². The Hall–Kier alpha value is -2.63. The lowest BCUT2D eigenvalue weighted by atomic mass is 9.91. The highest BCUT2D eigenvalue weighted by molar-refractivity contribution is 5.88. The van der Waals surface area contributed by atoms with Crippen molar-refractivity contribution in [3.63, 3.8) is 0 Å². The second-order valence-electron chi connectivity index (χ2n) is 5.64. The lowest BCUT2D eigenvalue weighted by Gasteiger charge is -2.29. The van der Waals surface area contributed by atoms with E-state index in [9.17, 15) is 14.4 Å². The quantitative estimate of drug-likeness (QED) is 0.264. The van der Waals surface area contributed by atoms with Gasteiger partial charge < -0.3 is 14.2 Å². The van der Waals surface area contributed by atoms with Gasteiger partial charge in [-0.2, -0.15) is 0 Å². The van der Waals surface area contributed by atoms with Gasteiger partial charge in [-0.3, -0.25) is 0 Å². The first-order valence-corrected chi connectivity index (χ1v) is 7.16. The highest BCUT2D eigenvalue weighted by Crippen LogP contribution is 2.22. The number of carbonyl (C=O) groups is 3. The first-order chi connectivity index (χ1) is 11.0. The Morgan fingerprint density at radius 2 is 1.00 bits per heavy atom. The lowest BCUT2D eigenvalue weighted by Crippen LogP contribution is -2.38. The molecule has 24 heavy (non-hydrogen) atoms. The lowest BCUT2D eigenvalue weighted by molar-refractivity contribution is -0.153. The average Bonchev–Trinajstić information content (AvgIpc) is 2.53. The van der Waals surface area contributed by atoms with E-state index in [1.54, 1.807) is 0 Å². The van der Waals surface area contributed by atoms with Crippen molar-refractivity contribution in [3.05, 3.63) is 49.1 Å². The van der Waals surface area contributed by atoms with Crippen molar-refractivity contribution in [3.8, 4) is 0 Å². The van der Waals surface area contributed by atoms with Crippen LogP contribution in [-0.2, 0) is 28.6 Å². The van der Waals surface area contributed by atoms with Crippen molar-refractivity contribution in [2.75, 3.05) is 19.8 Å². The van der Waals surface area contributed by atoms with Crippen LogP contribution in [0.4, 0.5) is 0 Å². The van der Waals surface area contributed by atoms with E-state index in [1.165, 1.54) is 26.8 Å². The minimum absolute atomic E-state index is 0.199. The molecule has 0 rings (SSSR count). The predicted molar refractivity (Wildman–Crippen MR) is 89.9 cm³/mol. The number of rotatable bonds is 10. The van der Waals surface area contributed by atoms with Crippen LogP contribution in [0.15, 0.2) is 49.1 Å². The smallest absolute Gasteiger partial charge is 0.333 e. The van der Waals surface area contributed by atoms with Crippen molar-refractivity contribution in [2.45, 2.75) is 20.8 Å². The minimum atomic E-state index is -1.10. The second kappa shape index (κ2) is 9.50. The molecule has 0 unspecified atom stereocenters. The Kier molecular flexibility index (Phi) is 8.46. The Morgan fingerprint density at radius 1 is 0.750 bits per heavy atom. The molecule has 0 heterocycles. The summed E-state index contributed by atoms with van der Waals surface area (Å²) >= 11 is 0. The van der Waals surface area contributed by atoms with E-state index in [2.05, 4.69) is 26.3 Å². The standard InChI is InChI=1S/C18H24O6/c1-8-18(9-22-15(19)12(2)3,10-23-16(20)13(4)5)11-24-17(21)14(6)7/h8H,1-2,4,6,9-11H2,3,5,7H3. The van der Waals surface area contributed by atoms with Crippen molar-refractivity contribution >= 4 is 17.9 Å². The Morgan fingerprint density at radius 3 is 1.17 bits per heavy atom. The van der Waals surface area contributed by atoms with Crippen LogP contribution < -0.4 is 0 Å². The molecule has 0 radical (unpaired) electrons. The van der Waals surface area contributed by atoms with Crippen LogP contribution in [0.3, 0.4) is 0 Å². The van der Waals surface area contributed by atoms with E-state index >= 15 is 0 Å². The Labute approximate surface area is 142 Å². The maximum atomic E-state index is 11.6. The third kappa shape index (κ3) is 7.09. The monoisotopic (exact) mass is 336 g/mol. The zero-order valence-corrected chi connectivity index (χ0v) is 14.5. The summed E-state index contributed by atoms with van der Waals surface area (Å²) in [6, 6.07) is 0. The summed E-state index contributed by atoms with van der Waals surface area (Å²) in [5.41, 5.74) is -0.455. The van der Waals surface area contributed by atoms with Gasteiger partial charge in [0.2, 0.25) is 0 Å². The molecule has 0 aromatic heterocycles. The summed E-state index contributed by atoms with van der Waals surface area (Å²) in [5, 5.41) is 0. The first-order valence-electron chi connectivity index (χ1n) is 7.16. The highest BCUT2D eigenvalue weighted by atomic mass is 16.6. The number of hydrogen-bond donors (Lipinski definition) is 0. The van der Waals surface area contributed by atoms with Gasteiger partial charge in [-0.05, 0) is 20.8 Å². The second-order valence-corrected chi connectivity index (χ2v) is 5.64. The third-order valence-corrected chi connectivity index (χ3v) is 2.95. The summed E-state index contributed by atoms with van der Waals surface area (Å²) in [6.45, 7) is 18.0. The van der Waals surface area contributed by atoms with E-state index in [0.29, 0.717) is 0 Å². The molecular weight excluding hydrogens is 312 g/mol. The summed E-state index contributed by atoms with van der Waals surface area (Å²) in [7, 11) is 0. The molecule has 0 N–H and O–H groups in total. The van der Waals surface area contributed by atoms with Crippen LogP contribution in [0, 0.1) is 5.41 Å². The molecule has 132 valence electrons. The fraction of sp³-hybridized carbons (Fsp3) is 0.389. The molecular formula is C18H24O6. The van der Waals surface area contributed by atoms with E-state index < -0.39 is 23.3 Å². The molecule has 0 aliphatic rings. The molecule has 6 heteroatoms. The molecule has 0 saturated carbocycles. The summed E-state index contributed by atoms with van der Waals surface area (Å²) in [6.07, 6.45) is 1.41. The fourth-order valence-electron chi connectivity index (χ4n) is 1.30. The van der Waals surface area contributed by atoms with Gasteiger partial charge in [0.25, 0.3) is 0 Å². The molecule has 0 amide bonds. The van der Waals surface area contributed by atoms with Gasteiger partial charge in [-0.15, -0.1) is 6.58 Å². The topological polar surface area (TPSA) is 78.9 Å². The molecule has 0 aromatic carbocycles. The molecule has 0 atom stereocenters. The molecule has 0 spiro atoms. The van der Waals surface area contributed by atoms with Gasteiger partial charge in [-0.1, -0.05) is 25.8 Å². The van der Waals surface area contributed by atoms with Crippen LogP contribution in [0.2, 0.25) is 0 Å². The first kappa shape index (κ1) is 21.4. The SMILES string of the molecule is C=CC(COC(=O)C(=C)C)(COC(=O)C(=C)C)COC(=O)C(=C)C. The fourth-order valence-corrected chi connectivity index (χ4v) is 1.30. The van der Waals surface area contributed by atoms with Crippen molar-refractivity contribution in [1.82, 2.24) is 0 Å². The van der Waals surface area contributed by atoms with Crippen LogP contribution in [0.25, 0.3) is 0 Å². The summed E-state index contributed by atoms with van der Waals surface area (Å²) in [4.78, 5) is 34.8. The molecule has 0 fully saturated rings. The molecule has 0 aliphatic carbocycles. The molecule has 0 aliphatic heterocycles. The third-order valence-electron chi connectivity index (χ3n) is 2.95. The van der Waals surface area contributed by atoms with Gasteiger partial charge in [0.15, 0.2) is 0 Å². The van der Waals surface area contributed by atoms with Crippen LogP contribution in [0.5, 0.6) is 0 Å². The van der Waals surface area contributed by atoms with Gasteiger partial charge in [-0.25, -0.2) is 14.4 Å². The minimum Gasteiger partial charge on any atom is -0.461 e. The van der Waals surface area contributed by atoms with Crippen molar-refractivity contribution in [1.29, 1.82) is 0 Å². The zero-order chi connectivity index (χ0) is 18.9.